The van der Waals surface area contributed by atoms with Crippen LogP contribution >= 0.6 is 0 Å². The quantitative estimate of drug-likeness (QED) is 0.830. The number of aromatic hydroxyl groups is 1. The molecule has 1 aromatic rings. The van der Waals surface area contributed by atoms with E-state index in [2.05, 4.69) is 5.32 Å². The van der Waals surface area contributed by atoms with E-state index in [1.807, 2.05) is 13.8 Å². The molecule has 0 spiro atoms. The first-order valence-electron chi connectivity index (χ1n) is 5.87. The Bertz CT molecular complexity index is 393. The van der Waals surface area contributed by atoms with Gasteiger partial charge in [-0.2, -0.15) is 0 Å². The lowest BCUT2D eigenvalue weighted by molar-refractivity contribution is 0.0929. The molecule has 0 aliphatic carbocycles. The zero-order valence-corrected chi connectivity index (χ0v) is 10.2. The third-order valence-electron chi connectivity index (χ3n) is 2.66. The van der Waals surface area contributed by atoms with Crippen LogP contribution in [-0.2, 0) is 0 Å². The van der Waals surface area contributed by atoms with Crippen molar-refractivity contribution in [1.82, 2.24) is 5.32 Å². The molecule has 0 saturated heterocycles. The lowest BCUT2D eigenvalue weighted by atomic mass is 10.1. The van der Waals surface area contributed by atoms with Gasteiger partial charge in [0.25, 0.3) is 5.91 Å². The standard InChI is InChI=1S/C13H18FNO2/c1-3-5-9(4-2)15-13(17)11-7-6-10(16)8-12(11)14/h6-9,16H,3-5H2,1-2H3,(H,15,17). The summed E-state index contributed by atoms with van der Waals surface area (Å²) in [5.74, 6) is -1.31. The Morgan fingerprint density at radius 2 is 2.18 bits per heavy atom. The van der Waals surface area contributed by atoms with Crippen LogP contribution in [0.1, 0.15) is 43.5 Å². The second kappa shape index (κ2) is 6.23. The lowest BCUT2D eigenvalue weighted by Crippen LogP contribution is -2.34. The number of amides is 1. The third-order valence-corrected chi connectivity index (χ3v) is 2.66. The van der Waals surface area contributed by atoms with Crippen molar-refractivity contribution in [1.29, 1.82) is 0 Å². The van der Waals surface area contributed by atoms with E-state index in [0.717, 1.165) is 25.3 Å². The SMILES string of the molecule is CCCC(CC)NC(=O)c1ccc(O)cc1F. The van der Waals surface area contributed by atoms with Crippen LogP contribution in [0.15, 0.2) is 18.2 Å². The topological polar surface area (TPSA) is 49.3 Å². The number of phenols is 1. The Labute approximate surface area is 101 Å². The molecule has 1 aromatic carbocycles. The molecule has 1 amide bonds. The summed E-state index contributed by atoms with van der Waals surface area (Å²) in [5, 5.41) is 11.8. The summed E-state index contributed by atoms with van der Waals surface area (Å²) in [5.41, 5.74) is -0.0302. The van der Waals surface area contributed by atoms with Gasteiger partial charge in [0, 0.05) is 12.1 Å². The van der Waals surface area contributed by atoms with Crippen LogP contribution in [0.5, 0.6) is 5.75 Å². The van der Waals surface area contributed by atoms with E-state index in [0.29, 0.717) is 0 Å². The predicted octanol–water partition coefficient (Wildman–Crippen LogP) is 2.84. The number of carbonyl (C=O) groups is 1. The monoisotopic (exact) mass is 239 g/mol. The van der Waals surface area contributed by atoms with E-state index in [1.165, 1.54) is 12.1 Å². The second-order valence-corrected chi connectivity index (χ2v) is 4.03. The highest BCUT2D eigenvalue weighted by Gasteiger charge is 2.15. The lowest BCUT2D eigenvalue weighted by Gasteiger charge is -2.16. The Balaban J connectivity index is 2.75. The Morgan fingerprint density at radius 3 is 2.71 bits per heavy atom. The van der Waals surface area contributed by atoms with E-state index < -0.39 is 11.7 Å². The van der Waals surface area contributed by atoms with Gasteiger partial charge in [0.05, 0.1) is 5.56 Å². The van der Waals surface area contributed by atoms with Gasteiger partial charge in [-0.1, -0.05) is 20.3 Å². The summed E-state index contributed by atoms with van der Waals surface area (Å²) in [4.78, 5) is 11.8. The highest BCUT2D eigenvalue weighted by Crippen LogP contribution is 2.15. The second-order valence-electron chi connectivity index (χ2n) is 4.03. The summed E-state index contributed by atoms with van der Waals surface area (Å²) >= 11 is 0. The van der Waals surface area contributed by atoms with Gasteiger partial charge in [-0.15, -0.1) is 0 Å². The molecule has 94 valence electrons. The maximum absolute atomic E-state index is 13.4. The fraction of sp³-hybridized carbons (Fsp3) is 0.462. The van der Waals surface area contributed by atoms with Crippen molar-refractivity contribution in [3.8, 4) is 5.75 Å². The molecule has 0 radical (unpaired) electrons. The molecular weight excluding hydrogens is 221 g/mol. The molecule has 1 atom stereocenters. The number of carbonyl (C=O) groups excluding carboxylic acids is 1. The molecular formula is C13H18FNO2. The molecule has 0 aromatic heterocycles. The van der Waals surface area contributed by atoms with Crippen molar-refractivity contribution in [2.75, 3.05) is 0 Å². The Morgan fingerprint density at radius 1 is 1.47 bits per heavy atom. The highest BCUT2D eigenvalue weighted by molar-refractivity contribution is 5.94. The molecule has 0 saturated carbocycles. The van der Waals surface area contributed by atoms with Crippen LogP contribution in [0.3, 0.4) is 0 Å². The van der Waals surface area contributed by atoms with E-state index in [4.69, 9.17) is 5.11 Å². The van der Waals surface area contributed by atoms with Crippen molar-refractivity contribution in [2.45, 2.75) is 39.2 Å². The van der Waals surface area contributed by atoms with Crippen LogP contribution < -0.4 is 5.32 Å². The van der Waals surface area contributed by atoms with Crippen molar-refractivity contribution in [3.05, 3.63) is 29.6 Å². The van der Waals surface area contributed by atoms with Gasteiger partial charge in [-0.3, -0.25) is 4.79 Å². The van der Waals surface area contributed by atoms with Crippen LogP contribution in [-0.4, -0.2) is 17.1 Å². The molecule has 0 bridgehead atoms. The van der Waals surface area contributed by atoms with Gasteiger partial charge >= 0.3 is 0 Å². The fourth-order valence-corrected chi connectivity index (χ4v) is 1.68. The van der Waals surface area contributed by atoms with Crippen LogP contribution in [0.25, 0.3) is 0 Å². The van der Waals surface area contributed by atoms with Gasteiger partial charge in [-0.05, 0) is 25.0 Å². The van der Waals surface area contributed by atoms with Crippen LogP contribution in [0.4, 0.5) is 4.39 Å². The molecule has 17 heavy (non-hydrogen) atoms. The van der Waals surface area contributed by atoms with Gasteiger partial charge in [-0.25, -0.2) is 4.39 Å². The predicted molar refractivity (Wildman–Crippen MR) is 64.5 cm³/mol. The molecule has 0 aliphatic heterocycles. The van der Waals surface area contributed by atoms with Crippen molar-refractivity contribution < 1.29 is 14.3 Å². The minimum Gasteiger partial charge on any atom is -0.508 e. The number of hydrogen-bond donors (Lipinski definition) is 2. The van der Waals surface area contributed by atoms with Gasteiger partial charge < -0.3 is 10.4 Å². The number of benzene rings is 1. The fourth-order valence-electron chi connectivity index (χ4n) is 1.68. The van der Waals surface area contributed by atoms with Crippen LogP contribution in [0.2, 0.25) is 0 Å². The minimum atomic E-state index is -0.700. The number of hydrogen-bond acceptors (Lipinski definition) is 2. The van der Waals surface area contributed by atoms with E-state index >= 15 is 0 Å². The third kappa shape index (κ3) is 3.73. The molecule has 3 nitrogen and oxygen atoms in total. The zero-order valence-electron chi connectivity index (χ0n) is 10.2. The molecule has 2 N–H and O–H groups in total. The van der Waals surface area contributed by atoms with Crippen molar-refractivity contribution in [3.63, 3.8) is 0 Å². The summed E-state index contributed by atoms with van der Waals surface area (Å²) in [7, 11) is 0. The average molecular weight is 239 g/mol. The number of nitrogens with one attached hydrogen (secondary N) is 1. The maximum atomic E-state index is 13.4. The minimum absolute atomic E-state index is 0.0302. The normalized spacial score (nSPS) is 12.2. The zero-order chi connectivity index (χ0) is 12.8. The summed E-state index contributed by atoms with van der Waals surface area (Å²) in [6.45, 7) is 4.02. The molecule has 0 heterocycles. The number of halogens is 1. The van der Waals surface area contributed by atoms with Gasteiger partial charge in [0.15, 0.2) is 0 Å². The molecule has 0 aliphatic rings. The van der Waals surface area contributed by atoms with Crippen molar-refractivity contribution in [2.24, 2.45) is 0 Å². The van der Waals surface area contributed by atoms with Gasteiger partial charge in [0.2, 0.25) is 0 Å². The first-order chi connectivity index (χ1) is 8.08. The molecule has 1 unspecified atom stereocenters. The first-order valence-corrected chi connectivity index (χ1v) is 5.87. The van der Waals surface area contributed by atoms with Crippen molar-refractivity contribution >= 4 is 5.91 Å². The summed E-state index contributed by atoms with van der Waals surface area (Å²) < 4.78 is 13.4. The van der Waals surface area contributed by atoms with Gasteiger partial charge in [0.1, 0.15) is 11.6 Å². The summed E-state index contributed by atoms with van der Waals surface area (Å²) in [6, 6.07) is 3.60. The summed E-state index contributed by atoms with van der Waals surface area (Å²) in [6.07, 6.45) is 2.66. The molecule has 0 fully saturated rings. The average Bonchev–Trinajstić information content (AvgIpc) is 2.28. The largest absolute Gasteiger partial charge is 0.508 e. The maximum Gasteiger partial charge on any atom is 0.254 e. The number of rotatable bonds is 5. The number of phenolic OH excluding ortho intramolecular Hbond substituents is 1. The molecule has 4 heteroatoms. The van der Waals surface area contributed by atoms with E-state index in [9.17, 15) is 9.18 Å². The first kappa shape index (κ1) is 13.5. The Kier molecular flexibility index (Phi) is 4.94. The smallest absolute Gasteiger partial charge is 0.254 e. The van der Waals surface area contributed by atoms with E-state index in [1.54, 1.807) is 0 Å². The highest BCUT2D eigenvalue weighted by atomic mass is 19.1. The van der Waals surface area contributed by atoms with E-state index in [-0.39, 0.29) is 17.4 Å². The Hall–Kier alpha value is -1.58. The molecule has 1 rings (SSSR count). The van der Waals surface area contributed by atoms with Crippen LogP contribution in [0, 0.1) is 5.82 Å².